The number of carbonyl (C=O) groups excluding carboxylic acids is 2. The molecule has 0 bridgehead atoms. The third-order valence-electron chi connectivity index (χ3n) is 4.66. The van der Waals surface area contributed by atoms with E-state index in [4.69, 9.17) is 19.0 Å². The van der Waals surface area contributed by atoms with E-state index in [9.17, 15) is 9.59 Å². The van der Waals surface area contributed by atoms with Crippen LogP contribution in [0.2, 0.25) is 0 Å². The van der Waals surface area contributed by atoms with Crippen molar-refractivity contribution in [2.24, 2.45) is 0 Å². The minimum atomic E-state index is -0.480. The Morgan fingerprint density at radius 3 is 2.06 bits per heavy atom. The predicted octanol–water partition coefficient (Wildman–Crippen LogP) is 5.33. The maximum absolute atomic E-state index is 12.1. The van der Waals surface area contributed by atoms with Crippen molar-refractivity contribution < 1.29 is 28.6 Å². The minimum Gasteiger partial charge on any atom is -0.497 e. The highest BCUT2D eigenvalue weighted by Crippen LogP contribution is 2.17. The van der Waals surface area contributed by atoms with Crippen molar-refractivity contribution in [3.05, 3.63) is 66.7 Å². The average Bonchev–Trinajstić information content (AvgIpc) is 2.84. The number of ether oxygens (including phenoxy) is 3. The van der Waals surface area contributed by atoms with Crippen molar-refractivity contribution in [1.29, 1.82) is 0 Å². The normalized spacial score (nSPS) is 10.2. The molecule has 7 nitrogen and oxygen atoms in total. The number of esters is 1. The summed E-state index contributed by atoms with van der Waals surface area (Å²) in [6.07, 6.45) is 7.35. The van der Waals surface area contributed by atoms with Crippen LogP contribution in [0, 0.1) is 0 Å². The highest BCUT2D eigenvalue weighted by atomic mass is 16.7. The van der Waals surface area contributed by atoms with Gasteiger partial charge in [0.05, 0.1) is 31.6 Å². The number of hydrogen-bond acceptors (Lipinski definition) is 7. The van der Waals surface area contributed by atoms with Crippen LogP contribution in [0.4, 0.5) is 5.69 Å². The Labute approximate surface area is 189 Å². The Morgan fingerprint density at radius 1 is 0.844 bits per heavy atom. The molecule has 0 aromatic heterocycles. The van der Waals surface area contributed by atoms with E-state index in [0.29, 0.717) is 30.2 Å². The Kier molecular flexibility index (Phi) is 11.2. The topological polar surface area (TPSA) is 83.1 Å². The molecule has 0 amide bonds. The van der Waals surface area contributed by atoms with E-state index in [1.54, 1.807) is 55.6 Å². The summed E-state index contributed by atoms with van der Waals surface area (Å²) >= 11 is 0. The fourth-order valence-corrected chi connectivity index (χ4v) is 2.84. The molecule has 0 fully saturated rings. The molecule has 0 saturated carbocycles. The van der Waals surface area contributed by atoms with Crippen LogP contribution in [0.1, 0.15) is 48.9 Å². The lowest BCUT2D eigenvalue weighted by Gasteiger charge is -2.09. The van der Waals surface area contributed by atoms with E-state index in [-0.39, 0.29) is 5.97 Å². The molecule has 0 aliphatic rings. The monoisotopic (exact) mass is 441 g/mol. The molecule has 2 rings (SSSR count). The number of hydrogen-bond donors (Lipinski definition) is 1. The Bertz CT molecular complexity index is 833. The van der Waals surface area contributed by atoms with Gasteiger partial charge in [-0.25, -0.2) is 15.1 Å². The molecule has 32 heavy (non-hydrogen) atoms. The maximum atomic E-state index is 12.1. The molecule has 0 aliphatic heterocycles. The smallest absolute Gasteiger partial charge is 0.362 e. The molecule has 1 N–H and O–H groups in total. The summed E-state index contributed by atoms with van der Waals surface area (Å²) in [4.78, 5) is 28.2. The van der Waals surface area contributed by atoms with Gasteiger partial charge in [0.1, 0.15) is 11.5 Å². The minimum absolute atomic E-state index is 0.364. The quantitative estimate of drug-likeness (QED) is 0.173. The molecule has 0 heterocycles. The van der Waals surface area contributed by atoms with Gasteiger partial charge in [-0.05, 0) is 61.4 Å². The first-order chi connectivity index (χ1) is 15.6. The second-order valence-corrected chi connectivity index (χ2v) is 7.09. The third kappa shape index (κ3) is 9.55. The summed E-state index contributed by atoms with van der Waals surface area (Å²) in [5.74, 6) is 0.596. The molecule has 0 unspecified atom stereocenters. The molecule has 7 heteroatoms. The van der Waals surface area contributed by atoms with Gasteiger partial charge < -0.3 is 19.0 Å². The van der Waals surface area contributed by atoms with Crippen LogP contribution in [0.25, 0.3) is 0 Å². The van der Waals surface area contributed by atoms with Crippen molar-refractivity contribution in [2.75, 3.05) is 25.8 Å². The number of unbranched alkanes of at least 4 members (excludes halogenated alkanes) is 5. The van der Waals surface area contributed by atoms with Crippen LogP contribution in [-0.4, -0.2) is 32.3 Å². The van der Waals surface area contributed by atoms with Crippen molar-refractivity contribution in [2.45, 2.75) is 38.5 Å². The van der Waals surface area contributed by atoms with Gasteiger partial charge in [-0.2, -0.15) is 0 Å². The molecule has 2 aromatic rings. The zero-order valence-corrected chi connectivity index (χ0v) is 18.5. The first-order valence-corrected chi connectivity index (χ1v) is 10.8. The van der Waals surface area contributed by atoms with Gasteiger partial charge in [0.25, 0.3) is 0 Å². The SMILES string of the molecule is C=CC(=O)OCCCCCCCCOc1ccc(C(=O)ONc2ccc(OC)cc2)cc1. The average molecular weight is 442 g/mol. The second kappa shape index (κ2) is 14.5. The number of carbonyl (C=O) groups is 2. The van der Waals surface area contributed by atoms with Crippen LogP contribution < -0.4 is 15.0 Å². The zero-order chi connectivity index (χ0) is 23.0. The Morgan fingerprint density at radius 2 is 1.44 bits per heavy atom. The molecule has 0 radical (unpaired) electrons. The second-order valence-electron chi connectivity index (χ2n) is 7.09. The summed E-state index contributed by atoms with van der Waals surface area (Å²) in [5, 5.41) is 0. The van der Waals surface area contributed by atoms with E-state index < -0.39 is 5.97 Å². The Balaban J connectivity index is 1.55. The van der Waals surface area contributed by atoms with Crippen molar-refractivity contribution in [3.63, 3.8) is 0 Å². The van der Waals surface area contributed by atoms with Gasteiger partial charge in [-0.3, -0.25) is 0 Å². The van der Waals surface area contributed by atoms with Crippen LogP contribution >= 0.6 is 0 Å². The van der Waals surface area contributed by atoms with E-state index in [0.717, 1.165) is 44.3 Å². The number of nitrogens with one attached hydrogen (secondary N) is 1. The van der Waals surface area contributed by atoms with E-state index in [2.05, 4.69) is 12.1 Å². The van der Waals surface area contributed by atoms with Crippen LogP contribution in [0.3, 0.4) is 0 Å². The molecule has 0 aliphatic carbocycles. The molecule has 172 valence electrons. The van der Waals surface area contributed by atoms with Gasteiger partial charge in [-0.15, -0.1) is 0 Å². The zero-order valence-electron chi connectivity index (χ0n) is 18.5. The van der Waals surface area contributed by atoms with Crippen LogP contribution in [0.15, 0.2) is 61.2 Å². The van der Waals surface area contributed by atoms with Gasteiger partial charge in [0, 0.05) is 6.08 Å². The standard InChI is InChI=1S/C25H31NO6/c1-3-24(27)31-19-9-7-5-4-6-8-18-30-23-14-10-20(11-15-23)25(28)32-26-21-12-16-22(29-2)17-13-21/h3,10-17,26H,1,4-9,18-19H2,2H3. The molecule has 2 aromatic carbocycles. The number of benzene rings is 2. The van der Waals surface area contributed by atoms with Gasteiger partial charge in [0.2, 0.25) is 0 Å². The molecule has 0 spiro atoms. The van der Waals surface area contributed by atoms with Gasteiger partial charge >= 0.3 is 11.9 Å². The van der Waals surface area contributed by atoms with Crippen LogP contribution in [-0.2, 0) is 14.4 Å². The summed E-state index contributed by atoms with van der Waals surface area (Å²) < 4.78 is 15.8. The lowest BCUT2D eigenvalue weighted by atomic mass is 10.1. The first kappa shape index (κ1) is 24.8. The molecule has 0 atom stereocenters. The largest absolute Gasteiger partial charge is 0.497 e. The van der Waals surface area contributed by atoms with Crippen molar-refractivity contribution in [1.82, 2.24) is 0 Å². The number of rotatable bonds is 15. The lowest BCUT2D eigenvalue weighted by molar-refractivity contribution is -0.137. The highest BCUT2D eigenvalue weighted by molar-refractivity contribution is 5.90. The van der Waals surface area contributed by atoms with E-state index in [1.165, 1.54) is 6.08 Å². The number of methoxy groups -OCH3 is 1. The lowest BCUT2D eigenvalue weighted by Crippen LogP contribution is -2.10. The molecule has 0 saturated heterocycles. The van der Waals surface area contributed by atoms with Gasteiger partial charge in [-0.1, -0.05) is 32.3 Å². The summed E-state index contributed by atoms with van der Waals surface area (Å²) in [6.45, 7) is 4.44. The van der Waals surface area contributed by atoms with Crippen molar-refractivity contribution >= 4 is 17.6 Å². The van der Waals surface area contributed by atoms with Crippen molar-refractivity contribution in [3.8, 4) is 11.5 Å². The molecular formula is C25H31NO6. The molecular weight excluding hydrogens is 410 g/mol. The maximum Gasteiger partial charge on any atom is 0.362 e. The Hall–Kier alpha value is -3.48. The predicted molar refractivity (Wildman–Crippen MR) is 123 cm³/mol. The fraction of sp³-hybridized carbons (Fsp3) is 0.360. The first-order valence-electron chi connectivity index (χ1n) is 10.8. The summed E-state index contributed by atoms with van der Waals surface area (Å²) in [5.41, 5.74) is 3.70. The van der Waals surface area contributed by atoms with E-state index in [1.807, 2.05) is 0 Å². The van der Waals surface area contributed by atoms with Gasteiger partial charge in [0.15, 0.2) is 0 Å². The third-order valence-corrected chi connectivity index (χ3v) is 4.66. The number of anilines is 1. The summed E-state index contributed by atoms with van der Waals surface area (Å²) in [6, 6.07) is 13.9. The summed E-state index contributed by atoms with van der Waals surface area (Å²) in [7, 11) is 1.59. The fourth-order valence-electron chi connectivity index (χ4n) is 2.84. The highest BCUT2D eigenvalue weighted by Gasteiger charge is 2.08. The van der Waals surface area contributed by atoms with E-state index >= 15 is 0 Å². The van der Waals surface area contributed by atoms with Crippen LogP contribution in [0.5, 0.6) is 11.5 Å².